The molecule has 0 aromatic heterocycles. The summed E-state index contributed by atoms with van der Waals surface area (Å²) < 4.78 is 4.89. The highest BCUT2D eigenvalue weighted by Crippen LogP contribution is 2.25. The molecule has 0 amide bonds. The average molecular weight is 281 g/mol. The normalized spacial score (nSPS) is 11.9. The molecule has 0 aliphatic rings. The molecule has 104 valence electrons. The Bertz CT molecular complexity index is 398. The van der Waals surface area contributed by atoms with Crippen LogP contribution in [0.1, 0.15) is 43.6 Å². The van der Waals surface area contributed by atoms with Crippen molar-refractivity contribution in [2.45, 2.75) is 38.0 Å². The van der Waals surface area contributed by atoms with Gasteiger partial charge in [-0.15, -0.1) is 6.58 Å². The molecular formula is C16H21ClO2. The quantitative estimate of drug-likeness (QED) is 0.391. The van der Waals surface area contributed by atoms with Gasteiger partial charge in [0, 0.05) is 5.02 Å². The summed E-state index contributed by atoms with van der Waals surface area (Å²) >= 11 is 5.87. The van der Waals surface area contributed by atoms with Crippen molar-refractivity contribution in [2.75, 3.05) is 7.11 Å². The first-order chi connectivity index (χ1) is 9.19. The van der Waals surface area contributed by atoms with E-state index >= 15 is 0 Å². The van der Waals surface area contributed by atoms with Gasteiger partial charge in [-0.25, -0.2) is 0 Å². The van der Waals surface area contributed by atoms with E-state index in [1.165, 1.54) is 7.11 Å². The number of halogens is 1. The molecule has 1 rings (SSSR count). The number of hydrogen-bond acceptors (Lipinski definition) is 2. The van der Waals surface area contributed by atoms with Crippen LogP contribution in [0.4, 0.5) is 0 Å². The van der Waals surface area contributed by atoms with Crippen molar-refractivity contribution >= 4 is 17.6 Å². The minimum atomic E-state index is -0.189. The SMILES string of the molecule is C=CCCCCCC(C(=O)OC)c1ccc(Cl)cc1. The van der Waals surface area contributed by atoms with Crippen molar-refractivity contribution in [1.82, 2.24) is 0 Å². The number of hydrogen-bond donors (Lipinski definition) is 0. The first kappa shape index (κ1) is 15.8. The van der Waals surface area contributed by atoms with Crippen LogP contribution in [0.5, 0.6) is 0 Å². The van der Waals surface area contributed by atoms with Gasteiger partial charge in [0.1, 0.15) is 0 Å². The minimum Gasteiger partial charge on any atom is -0.469 e. The number of rotatable bonds is 8. The maximum Gasteiger partial charge on any atom is 0.313 e. The number of carbonyl (C=O) groups is 1. The number of ether oxygens (including phenoxy) is 1. The Balaban J connectivity index is 2.59. The van der Waals surface area contributed by atoms with Gasteiger partial charge in [-0.2, -0.15) is 0 Å². The van der Waals surface area contributed by atoms with Crippen LogP contribution in [0.2, 0.25) is 5.02 Å². The smallest absolute Gasteiger partial charge is 0.313 e. The van der Waals surface area contributed by atoms with Gasteiger partial charge in [-0.05, 0) is 37.0 Å². The zero-order chi connectivity index (χ0) is 14.1. The molecule has 1 unspecified atom stereocenters. The van der Waals surface area contributed by atoms with Gasteiger partial charge < -0.3 is 4.74 Å². The summed E-state index contributed by atoms with van der Waals surface area (Å²) in [6, 6.07) is 7.41. The van der Waals surface area contributed by atoms with E-state index < -0.39 is 0 Å². The largest absolute Gasteiger partial charge is 0.469 e. The van der Waals surface area contributed by atoms with Gasteiger partial charge in [0.15, 0.2) is 0 Å². The number of methoxy groups -OCH3 is 1. The van der Waals surface area contributed by atoms with Crippen LogP contribution in [0.25, 0.3) is 0 Å². The zero-order valence-corrected chi connectivity index (χ0v) is 12.2. The van der Waals surface area contributed by atoms with Crippen LogP contribution >= 0.6 is 11.6 Å². The average Bonchev–Trinajstić information content (AvgIpc) is 2.43. The van der Waals surface area contributed by atoms with Crippen molar-refractivity contribution in [3.63, 3.8) is 0 Å². The summed E-state index contributed by atoms with van der Waals surface area (Å²) in [5.74, 6) is -0.364. The Kier molecular flexibility index (Phi) is 7.27. The fraction of sp³-hybridized carbons (Fsp3) is 0.438. The van der Waals surface area contributed by atoms with Gasteiger partial charge in [0.05, 0.1) is 13.0 Å². The molecule has 0 bridgehead atoms. The van der Waals surface area contributed by atoms with Crippen LogP contribution in [0, 0.1) is 0 Å². The molecule has 0 aliphatic heterocycles. The molecule has 0 spiro atoms. The van der Waals surface area contributed by atoms with Crippen LogP contribution in [-0.2, 0) is 9.53 Å². The fourth-order valence-electron chi connectivity index (χ4n) is 2.07. The summed E-state index contributed by atoms with van der Waals surface area (Å²) in [6.07, 6.45) is 7.01. The summed E-state index contributed by atoms with van der Waals surface area (Å²) in [5.41, 5.74) is 0.972. The van der Waals surface area contributed by atoms with E-state index in [2.05, 4.69) is 6.58 Å². The molecule has 2 nitrogen and oxygen atoms in total. The lowest BCUT2D eigenvalue weighted by molar-refractivity contribution is -0.142. The maximum atomic E-state index is 11.8. The summed E-state index contributed by atoms with van der Waals surface area (Å²) in [5, 5.41) is 0.679. The fourth-order valence-corrected chi connectivity index (χ4v) is 2.20. The Hall–Kier alpha value is -1.28. The van der Waals surface area contributed by atoms with Crippen LogP contribution in [0.15, 0.2) is 36.9 Å². The summed E-state index contributed by atoms with van der Waals surface area (Å²) in [6.45, 7) is 3.70. The molecule has 0 aliphatic carbocycles. The van der Waals surface area contributed by atoms with Crippen LogP contribution < -0.4 is 0 Å². The molecular weight excluding hydrogens is 260 g/mol. The lowest BCUT2D eigenvalue weighted by Gasteiger charge is -2.15. The number of esters is 1. The van der Waals surface area contributed by atoms with E-state index in [9.17, 15) is 4.79 Å². The first-order valence-corrected chi connectivity index (χ1v) is 7.01. The van der Waals surface area contributed by atoms with Gasteiger partial charge in [0.25, 0.3) is 0 Å². The number of unbranched alkanes of at least 4 members (excludes halogenated alkanes) is 3. The van der Waals surface area contributed by atoms with Gasteiger partial charge >= 0.3 is 5.97 Å². The van der Waals surface area contributed by atoms with Crippen molar-refractivity contribution in [1.29, 1.82) is 0 Å². The van der Waals surface area contributed by atoms with Crippen molar-refractivity contribution < 1.29 is 9.53 Å². The monoisotopic (exact) mass is 280 g/mol. The lowest BCUT2D eigenvalue weighted by Crippen LogP contribution is -2.14. The van der Waals surface area contributed by atoms with E-state index in [-0.39, 0.29) is 11.9 Å². The van der Waals surface area contributed by atoms with Crippen LogP contribution in [-0.4, -0.2) is 13.1 Å². The third-order valence-corrected chi connectivity index (χ3v) is 3.41. The highest BCUT2D eigenvalue weighted by molar-refractivity contribution is 6.30. The molecule has 0 radical (unpaired) electrons. The van der Waals surface area contributed by atoms with Crippen molar-refractivity contribution in [3.05, 3.63) is 47.5 Å². The second kappa shape index (κ2) is 8.76. The zero-order valence-electron chi connectivity index (χ0n) is 11.4. The minimum absolute atomic E-state index is 0.175. The van der Waals surface area contributed by atoms with E-state index in [1.54, 1.807) is 0 Å². The highest BCUT2D eigenvalue weighted by atomic mass is 35.5. The molecule has 0 saturated carbocycles. The van der Waals surface area contributed by atoms with Crippen LogP contribution in [0.3, 0.4) is 0 Å². The molecule has 1 atom stereocenters. The molecule has 0 fully saturated rings. The second-order valence-electron chi connectivity index (χ2n) is 4.55. The standard InChI is InChI=1S/C16H21ClO2/c1-3-4-5-6-7-8-15(16(18)19-2)13-9-11-14(17)12-10-13/h3,9-12,15H,1,4-8H2,2H3. The Morgan fingerprint density at radius 1 is 1.32 bits per heavy atom. The molecule has 0 heterocycles. The lowest BCUT2D eigenvalue weighted by atomic mass is 9.93. The molecule has 0 saturated heterocycles. The Morgan fingerprint density at radius 3 is 2.58 bits per heavy atom. The molecule has 1 aromatic rings. The molecule has 0 N–H and O–H groups in total. The van der Waals surface area contributed by atoms with Crippen molar-refractivity contribution in [3.8, 4) is 0 Å². The van der Waals surface area contributed by atoms with E-state index in [0.29, 0.717) is 5.02 Å². The van der Waals surface area contributed by atoms with Crippen molar-refractivity contribution in [2.24, 2.45) is 0 Å². The number of benzene rings is 1. The third-order valence-electron chi connectivity index (χ3n) is 3.16. The highest BCUT2D eigenvalue weighted by Gasteiger charge is 2.20. The predicted octanol–water partition coefficient (Wildman–Crippen LogP) is 4.73. The molecule has 3 heteroatoms. The summed E-state index contributed by atoms with van der Waals surface area (Å²) in [7, 11) is 1.43. The third kappa shape index (κ3) is 5.48. The maximum absolute atomic E-state index is 11.8. The molecule has 19 heavy (non-hydrogen) atoms. The molecule has 1 aromatic carbocycles. The number of allylic oxidation sites excluding steroid dienone is 1. The number of carbonyl (C=O) groups excluding carboxylic acids is 1. The van der Waals surface area contributed by atoms with E-state index in [4.69, 9.17) is 16.3 Å². The topological polar surface area (TPSA) is 26.3 Å². The van der Waals surface area contributed by atoms with Gasteiger partial charge in [-0.3, -0.25) is 4.79 Å². The second-order valence-corrected chi connectivity index (χ2v) is 4.99. The van der Waals surface area contributed by atoms with E-state index in [1.807, 2.05) is 30.3 Å². The van der Waals surface area contributed by atoms with Gasteiger partial charge in [0.2, 0.25) is 0 Å². The predicted molar refractivity (Wildman–Crippen MR) is 79.5 cm³/mol. The first-order valence-electron chi connectivity index (χ1n) is 6.63. The van der Waals surface area contributed by atoms with Gasteiger partial charge in [-0.1, -0.05) is 42.7 Å². The summed E-state index contributed by atoms with van der Waals surface area (Å²) in [4.78, 5) is 11.8. The Morgan fingerprint density at radius 2 is 2.00 bits per heavy atom. The van der Waals surface area contributed by atoms with E-state index in [0.717, 1.165) is 37.7 Å². The Labute approximate surface area is 120 Å².